The van der Waals surface area contributed by atoms with Crippen LogP contribution in [0, 0.1) is 3.57 Å². The van der Waals surface area contributed by atoms with Gasteiger partial charge in [-0.05, 0) is 52.9 Å². The van der Waals surface area contributed by atoms with Crippen LogP contribution in [0.5, 0.6) is 0 Å². The number of halogens is 5. The molecule has 0 aromatic heterocycles. The van der Waals surface area contributed by atoms with Crippen LogP contribution in [0.4, 0.5) is 13.2 Å². The Balaban J connectivity index is 2.46. The van der Waals surface area contributed by atoms with E-state index >= 15 is 0 Å². The first-order valence-electron chi connectivity index (χ1n) is 5.46. The third kappa shape index (κ3) is 3.41. The zero-order valence-corrected chi connectivity index (χ0v) is 13.6. The number of ketones is 1. The molecule has 104 valence electrons. The summed E-state index contributed by atoms with van der Waals surface area (Å²) in [7, 11) is 0. The van der Waals surface area contributed by atoms with Crippen LogP contribution in [0.15, 0.2) is 46.9 Å². The van der Waals surface area contributed by atoms with Gasteiger partial charge in [-0.2, -0.15) is 13.2 Å². The summed E-state index contributed by atoms with van der Waals surface area (Å²) in [6, 6.07) is 9.54. The molecule has 0 spiro atoms. The molecule has 0 saturated heterocycles. The molecule has 0 heterocycles. The van der Waals surface area contributed by atoms with Gasteiger partial charge in [-0.25, -0.2) is 0 Å². The minimum Gasteiger partial charge on any atom is -0.289 e. The zero-order chi connectivity index (χ0) is 14.9. The molecule has 2 aromatic rings. The van der Waals surface area contributed by atoms with Crippen molar-refractivity contribution in [3.8, 4) is 0 Å². The molecule has 0 bridgehead atoms. The molecule has 0 saturated carbocycles. The van der Waals surface area contributed by atoms with Crippen molar-refractivity contribution >= 4 is 44.3 Å². The van der Waals surface area contributed by atoms with E-state index in [1.54, 1.807) is 18.2 Å². The van der Waals surface area contributed by atoms with E-state index in [2.05, 4.69) is 15.9 Å². The van der Waals surface area contributed by atoms with E-state index < -0.39 is 17.5 Å². The van der Waals surface area contributed by atoms with Crippen molar-refractivity contribution in [3.05, 3.63) is 67.2 Å². The average molecular weight is 455 g/mol. The summed E-state index contributed by atoms with van der Waals surface area (Å²) in [4.78, 5) is 12.3. The number of benzene rings is 2. The standard InChI is InChI=1S/C14H7BrF3IO/c15-10-4-5-12(19)11(7-10)13(20)8-2-1-3-9(6-8)14(16,17)18/h1-7H. The van der Waals surface area contributed by atoms with Gasteiger partial charge in [-0.3, -0.25) is 4.79 Å². The molecule has 1 nitrogen and oxygen atoms in total. The molecule has 0 radical (unpaired) electrons. The third-order valence-corrected chi connectivity index (χ3v) is 4.06. The second-order valence-corrected chi connectivity index (χ2v) is 6.11. The van der Waals surface area contributed by atoms with Crippen molar-refractivity contribution in [2.24, 2.45) is 0 Å². The highest BCUT2D eigenvalue weighted by Gasteiger charge is 2.31. The molecule has 0 aliphatic rings. The molecule has 2 rings (SSSR count). The quantitative estimate of drug-likeness (QED) is 0.444. The SMILES string of the molecule is O=C(c1cccc(C(F)(F)F)c1)c1cc(Br)ccc1I. The summed E-state index contributed by atoms with van der Waals surface area (Å²) in [5.41, 5.74) is -0.427. The third-order valence-electron chi connectivity index (χ3n) is 2.63. The lowest BCUT2D eigenvalue weighted by molar-refractivity contribution is -0.137. The van der Waals surface area contributed by atoms with E-state index in [4.69, 9.17) is 0 Å². The normalized spacial score (nSPS) is 11.4. The highest BCUT2D eigenvalue weighted by atomic mass is 127. The number of alkyl halides is 3. The molecule has 0 atom stereocenters. The Hall–Kier alpha value is -0.890. The van der Waals surface area contributed by atoms with E-state index in [-0.39, 0.29) is 5.56 Å². The largest absolute Gasteiger partial charge is 0.416 e. The van der Waals surface area contributed by atoms with E-state index in [1.807, 2.05) is 22.6 Å². The first-order valence-corrected chi connectivity index (χ1v) is 7.33. The molecule has 20 heavy (non-hydrogen) atoms. The molecule has 0 fully saturated rings. The lowest BCUT2D eigenvalue weighted by Crippen LogP contribution is -2.09. The second-order valence-electron chi connectivity index (χ2n) is 4.03. The minimum atomic E-state index is -4.46. The molecule has 0 amide bonds. The van der Waals surface area contributed by atoms with E-state index in [9.17, 15) is 18.0 Å². The van der Waals surface area contributed by atoms with E-state index in [1.165, 1.54) is 12.1 Å². The van der Waals surface area contributed by atoms with E-state index in [0.717, 1.165) is 12.1 Å². The van der Waals surface area contributed by atoms with Crippen LogP contribution in [0.1, 0.15) is 21.5 Å². The molecule has 6 heteroatoms. The molecule has 0 aliphatic heterocycles. The zero-order valence-electron chi connectivity index (χ0n) is 9.84. The Morgan fingerprint density at radius 2 is 1.80 bits per heavy atom. The van der Waals surface area contributed by atoms with Crippen LogP contribution < -0.4 is 0 Å². The predicted molar refractivity (Wildman–Crippen MR) is 81.7 cm³/mol. The van der Waals surface area contributed by atoms with Crippen molar-refractivity contribution in [1.29, 1.82) is 0 Å². The van der Waals surface area contributed by atoms with Crippen molar-refractivity contribution in [1.82, 2.24) is 0 Å². The summed E-state index contributed by atoms with van der Waals surface area (Å²) in [6.45, 7) is 0. The fraction of sp³-hybridized carbons (Fsp3) is 0.0714. The molecule has 2 aromatic carbocycles. The van der Waals surface area contributed by atoms with Gasteiger partial charge in [0, 0.05) is 19.2 Å². The minimum absolute atomic E-state index is 0.0239. The lowest BCUT2D eigenvalue weighted by Gasteiger charge is -2.09. The smallest absolute Gasteiger partial charge is 0.289 e. The maximum atomic E-state index is 12.7. The van der Waals surface area contributed by atoms with Gasteiger partial charge in [-0.15, -0.1) is 0 Å². The fourth-order valence-electron chi connectivity index (χ4n) is 1.66. The second kappa shape index (κ2) is 5.85. The van der Waals surface area contributed by atoms with Gasteiger partial charge in [0.2, 0.25) is 0 Å². The van der Waals surface area contributed by atoms with Gasteiger partial charge < -0.3 is 0 Å². The Morgan fingerprint density at radius 1 is 1.10 bits per heavy atom. The van der Waals surface area contributed by atoms with Crippen LogP contribution >= 0.6 is 38.5 Å². The van der Waals surface area contributed by atoms with E-state index in [0.29, 0.717) is 13.6 Å². The summed E-state index contributed by atoms with van der Waals surface area (Å²) in [6.07, 6.45) is -4.46. The van der Waals surface area contributed by atoms with Gasteiger partial charge in [-0.1, -0.05) is 28.1 Å². The van der Waals surface area contributed by atoms with Crippen LogP contribution in [0.2, 0.25) is 0 Å². The van der Waals surface area contributed by atoms with Crippen molar-refractivity contribution in [2.45, 2.75) is 6.18 Å². The molecule has 0 aliphatic carbocycles. The van der Waals surface area contributed by atoms with Crippen molar-refractivity contribution in [2.75, 3.05) is 0 Å². The lowest BCUT2D eigenvalue weighted by atomic mass is 10.0. The molecule has 0 unspecified atom stereocenters. The Labute approximate surface area is 135 Å². The summed E-state index contributed by atoms with van der Waals surface area (Å²) >= 11 is 5.23. The summed E-state index contributed by atoms with van der Waals surface area (Å²) in [5.74, 6) is -0.429. The maximum absolute atomic E-state index is 12.7. The van der Waals surface area contributed by atoms with Gasteiger partial charge in [0.1, 0.15) is 0 Å². The molecular weight excluding hydrogens is 448 g/mol. The van der Waals surface area contributed by atoms with Gasteiger partial charge >= 0.3 is 6.18 Å². The monoisotopic (exact) mass is 454 g/mol. The highest BCUT2D eigenvalue weighted by molar-refractivity contribution is 14.1. The highest BCUT2D eigenvalue weighted by Crippen LogP contribution is 2.30. The summed E-state index contributed by atoms with van der Waals surface area (Å²) in [5, 5.41) is 0. The van der Waals surface area contributed by atoms with Crippen molar-refractivity contribution < 1.29 is 18.0 Å². The summed E-state index contributed by atoms with van der Waals surface area (Å²) < 4.78 is 39.4. The van der Waals surface area contributed by atoms with Crippen LogP contribution in [0.3, 0.4) is 0 Å². The van der Waals surface area contributed by atoms with Gasteiger partial charge in [0.05, 0.1) is 5.56 Å². The Morgan fingerprint density at radius 3 is 2.45 bits per heavy atom. The van der Waals surface area contributed by atoms with Crippen LogP contribution in [-0.2, 0) is 6.18 Å². The van der Waals surface area contributed by atoms with Crippen LogP contribution in [0.25, 0.3) is 0 Å². The number of hydrogen-bond donors (Lipinski definition) is 0. The fourth-order valence-corrected chi connectivity index (χ4v) is 2.61. The molecular formula is C14H7BrF3IO. The first kappa shape index (κ1) is 15.5. The number of carbonyl (C=O) groups is 1. The van der Waals surface area contributed by atoms with Crippen LogP contribution in [-0.4, -0.2) is 5.78 Å². The number of rotatable bonds is 2. The van der Waals surface area contributed by atoms with Gasteiger partial charge in [0.15, 0.2) is 5.78 Å². The predicted octanol–water partition coefficient (Wildman–Crippen LogP) is 5.30. The number of hydrogen-bond acceptors (Lipinski definition) is 1. The maximum Gasteiger partial charge on any atom is 0.416 e. The molecule has 0 N–H and O–H groups in total. The van der Waals surface area contributed by atoms with Gasteiger partial charge in [0.25, 0.3) is 0 Å². The first-order chi connectivity index (χ1) is 9.29. The topological polar surface area (TPSA) is 17.1 Å². The Bertz CT molecular complexity index is 668. The average Bonchev–Trinajstić information content (AvgIpc) is 2.40. The Kier molecular flexibility index (Phi) is 4.53. The van der Waals surface area contributed by atoms with Crippen molar-refractivity contribution in [3.63, 3.8) is 0 Å². The number of carbonyl (C=O) groups excluding carboxylic acids is 1.